The highest BCUT2D eigenvalue weighted by atomic mass is 35.5. The number of nitrogens with one attached hydrogen (secondary N) is 1. The zero-order valence-corrected chi connectivity index (χ0v) is 15.9. The zero-order chi connectivity index (χ0) is 17.4. The molecule has 0 saturated heterocycles. The third kappa shape index (κ3) is 6.98. The van der Waals surface area contributed by atoms with E-state index in [1.54, 1.807) is 0 Å². The van der Waals surface area contributed by atoms with Crippen molar-refractivity contribution in [1.82, 2.24) is 5.32 Å². The van der Waals surface area contributed by atoms with E-state index in [0.717, 1.165) is 11.1 Å². The van der Waals surface area contributed by atoms with Crippen molar-refractivity contribution in [3.63, 3.8) is 0 Å². The zero-order valence-electron chi connectivity index (χ0n) is 14.3. The molecule has 0 fully saturated rings. The quantitative estimate of drug-likeness (QED) is 0.739. The van der Waals surface area contributed by atoms with Gasteiger partial charge >= 0.3 is 0 Å². The molecule has 136 valence electrons. The lowest BCUT2D eigenvalue weighted by molar-refractivity contribution is -0.125. The van der Waals surface area contributed by atoms with E-state index >= 15 is 0 Å². The maximum Gasteiger partial charge on any atom is 0.224 e. The van der Waals surface area contributed by atoms with Crippen LogP contribution in [0.3, 0.4) is 0 Å². The summed E-state index contributed by atoms with van der Waals surface area (Å²) in [5.74, 6) is 0.502. The van der Waals surface area contributed by atoms with Gasteiger partial charge in [-0.2, -0.15) is 0 Å². The fourth-order valence-electron chi connectivity index (χ4n) is 2.41. The molecule has 3 N–H and O–H groups in total. The second kappa shape index (κ2) is 11.0. The average Bonchev–Trinajstić information content (AvgIpc) is 2.62. The topological polar surface area (TPSA) is 72.2 Å². The number of amides is 1. The maximum absolute atomic E-state index is 12.2. The third-order valence-corrected chi connectivity index (χ3v) is 5.25. The smallest absolute Gasteiger partial charge is 0.224 e. The molecule has 0 saturated carbocycles. The van der Waals surface area contributed by atoms with Crippen LogP contribution in [0.1, 0.15) is 24.1 Å². The molecule has 2 aromatic carbocycles. The summed E-state index contributed by atoms with van der Waals surface area (Å²) < 4.78 is 12.1. The van der Waals surface area contributed by atoms with E-state index in [1.807, 2.05) is 67.6 Å². The van der Waals surface area contributed by atoms with Crippen molar-refractivity contribution >= 4 is 29.1 Å². The largest absolute Gasteiger partial charge is 0.355 e. The first-order chi connectivity index (χ1) is 11.6. The fourth-order valence-corrected chi connectivity index (χ4v) is 3.45. The Morgan fingerprint density at radius 1 is 1.08 bits per heavy atom. The number of nitrogens with two attached hydrogens (primary N) is 1. The van der Waals surface area contributed by atoms with E-state index in [0.29, 0.717) is 18.1 Å². The lowest BCUT2D eigenvalue weighted by Crippen LogP contribution is -2.37. The molecule has 3 atom stereocenters. The van der Waals surface area contributed by atoms with Gasteiger partial charge in [0.05, 0.1) is 5.92 Å². The van der Waals surface area contributed by atoms with E-state index in [9.17, 15) is 9.00 Å². The van der Waals surface area contributed by atoms with Crippen LogP contribution < -0.4 is 11.1 Å². The highest BCUT2D eigenvalue weighted by Gasteiger charge is 2.21. The SMILES string of the molecule is CC(C(=O)NCCS(=O)Cc1ccccc1)C(N)c1ccccc1.Cl. The molecule has 4 nitrogen and oxygen atoms in total. The van der Waals surface area contributed by atoms with Crippen molar-refractivity contribution < 1.29 is 9.00 Å². The number of hydrogen-bond acceptors (Lipinski definition) is 3. The molecule has 0 radical (unpaired) electrons. The molecule has 6 heteroatoms. The van der Waals surface area contributed by atoms with Crippen LogP contribution in [0, 0.1) is 5.92 Å². The molecule has 2 rings (SSSR count). The molecule has 25 heavy (non-hydrogen) atoms. The molecule has 0 aromatic heterocycles. The molecule has 0 aliphatic rings. The minimum atomic E-state index is -0.993. The minimum absolute atomic E-state index is 0. The first kappa shape index (κ1) is 21.4. The molecule has 0 bridgehead atoms. The van der Waals surface area contributed by atoms with Gasteiger partial charge in [0, 0.05) is 34.9 Å². The van der Waals surface area contributed by atoms with Crippen molar-refractivity contribution in [3.05, 3.63) is 71.8 Å². The number of carbonyl (C=O) groups excluding carboxylic acids is 1. The van der Waals surface area contributed by atoms with Gasteiger partial charge in [0.1, 0.15) is 0 Å². The summed E-state index contributed by atoms with van der Waals surface area (Å²) in [6.45, 7) is 2.21. The van der Waals surface area contributed by atoms with Gasteiger partial charge in [0.2, 0.25) is 5.91 Å². The summed E-state index contributed by atoms with van der Waals surface area (Å²) in [6, 6.07) is 18.9. The Hall–Kier alpha value is -1.69. The Morgan fingerprint density at radius 3 is 2.24 bits per heavy atom. The minimum Gasteiger partial charge on any atom is -0.355 e. The highest BCUT2D eigenvalue weighted by Crippen LogP contribution is 2.18. The van der Waals surface area contributed by atoms with E-state index in [-0.39, 0.29) is 30.3 Å². The molecule has 2 aromatic rings. The Balaban J connectivity index is 0.00000312. The molecular weight excluding hydrogens is 356 g/mol. The lowest BCUT2D eigenvalue weighted by atomic mass is 9.95. The number of benzene rings is 2. The second-order valence-corrected chi connectivity index (χ2v) is 7.37. The van der Waals surface area contributed by atoms with Gasteiger partial charge in [-0.3, -0.25) is 9.00 Å². The standard InChI is InChI=1S/C19H24N2O2S.ClH/c1-15(18(20)17-10-6-3-7-11-17)19(22)21-12-13-24(23)14-16-8-4-2-5-9-16;/h2-11,15,18H,12-14,20H2,1H3,(H,21,22);1H. The van der Waals surface area contributed by atoms with Crippen LogP contribution in [0.4, 0.5) is 0 Å². The third-order valence-electron chi connectivity index (χ3n) is 3.94. The van der Waals surface area contributed by atoms with Gasteiger partial charge in [0.25, 0.3) is 0 Å². The number of hydrogen-bond donors (Lipinski definition) is 2. The van der Waals surface area contributed by atoms with Gasteiger partial charge in [-0.1, -0.05) is 67.6 Å². The molecule has 1 amide bonds. The normalized spacial score (nSPS) is 14.0. The van der Waals surface area contributed by atoms with Crippen LogP contribution in [0.15, 0.2) is 60.7 Å². The van der Waals surface area contributed by atoms with Crippen LogP contribution in [0.2, 0.25) is 0 Å². The van der Waals surface area contributed by atoms with Crippen LogP contribution in [0.25, 0.3) is 0 Å². The van der Waals surface area contributed by atoms with Crippen molar-refractivity contribution in [3.8, 4) is 0 Å². The molecule has 3 unspecified atom stereocenters. The molecule has 0 heterocycles. The van der Waals surface area contributed by atoms with Gasteiger partial charge < -0.3 is 11.1 Å². The van der Waals surface area contributed by atoms with Crippen molar-refractivity contribution in [2.75, 3.05) is 12.3 Å². The molecule has 0 spiro atoms. The van der Waals surface area contributed by atoms with E-state index in [2.05, 4.69) is 5.32 Å². The number of carbonyl (C=O) groups is 1. The number of rotatable bonds is 8. The molecular formula is C19H25ClN2O2S. The van der Waals surface area contributed by atoms with Gasteiger partial charge in [-0.25, -0.2) is 0 Å². The monoisotopic (exact) mass is 380 g/mol. The number of halogens is 1. The van der Waals surface area contributed by atoms with Crippen LogP contribution >= 0.6 is 12.4 Å². The van der Waals surface area contributed by atoms with E-state index in [4.69, 9.17) is 5.73 Å². The second-order valence-electron chi connectivity index (χ2n) is 5.79. The highest BCUT2D eigenvalue weighted by molar-refractivity contribution is 7.84. The molecule has 0 aliphatic carbocycles. The van der Waals surface area contributed by atoms with E-state index in [1.165, 1.54) is 0 Å². The van der Waals surface area contributed by atoms with Crippen molar-refractivity contribution in [2.45, 2.75) is 18.7 Å². The van der Waals surface area contributed by atoms with Crippen molar-refractivity contribution in [1.29, 1.82) is 0 Å². The average molecular weight is 381 g/mol. The Kier molecular flexibility index (Phi) is 9.42. The summed E-state index contributed by atoms with van der Waals surface area (Å²) in [5.41, 5.74) is 8.13. The van der Waals surface area contributed by atoms with Gasteiger partial charge in [0.15, 0.2) is 0 Å². The summed E-state index contributed by atoms with van der Waals surface area (Å²) in [5, 5.41) is 2.84. The van der Waals surface area contributed by atoms with Gasteiger partial charge in [-0.05, 0) is 11.1 Å². The van der Waals surface area contributed by atoms with Crippen LogP contribution in [-0.2, 0) is 21.3 Å². The van der Waals surface area contributed by atoms with Gasteiger partial charge in [-0.15, -0.1) is 12.4 Å². The maximum atomic E-state index is 12.2. The van der Waals surface area contributed by atoms with Crippen LogP contribution in [0.5, 0.6) is 0 Å². The molecule has 0 aliphatic heterocycles. The predicted molar refractivity (Wildman–Crippen MR) is 106 cm³/mol. The first-order valence-electron chi connectivity index (χ1n) is 8.05. The predicted octanol–water partition coefficient (Wildman–Crippen LogP) is 2.81. The Morgan fingerprint density at radius 2 is 1.64 bits per heavy atom. The summed E-state index contributed by atoms with van der Waals surface area (Å²) in [4.78, 5) is 12.2. The first-order valence-corrected chi connectivity index (χ1v) is 9.54. The summed E-state index contributed by atoms with van der Waals surface area (Å²) >= 11 is 0. The lowest BCUT2D eigenvalue weighted by Gasteiger charge is -2.19. The summed E-state index contributed by atoms with van der Waals surface area (Å²) in [7, 11) is -0.993. The Labute approximate surface area is 158 Å². The fraction of sp³-hybridized carbons (Fsp3) is 0.316. The summed E-state index contributed by atoms with van der Waals surface area (Å²) in [6.07, 6.45) is 0. The van der Waals surface area contributed by atoms with E-state index < -0.39 is 10.8 Å². The van der Waals surface area contributed by atoms with Crippen molar-refractivity contribution in [2.24, 2.45) is 11.7 Å². The Bertz CT molecular complexity index is 668. The van der Waals surface area contributed by atoms with Crippen LogP contribution in [-0.4, -0.2) is 22.4 Å².